The molecule has 1 aliphatic heterocycles. The quantitative estimate of drug-likeness (QED) is 0.787. The largest absolute Gasteiger partial charge is 0.481 e. The van der Waals surface area contributed by atoms with Crippen molar-refractivity contribution in [2.75, 3.05) is 26.7 Å². The van der Waals surface area contributed by atoms with Gasteiger partial charge in [-0.1, -0.05) is 0 Å². The highest BCUT2D eigenvalue weighted by atomic mass is 16.4. The van der Waals surface area contributed by atoms with Gasteiger partial charge in [-0.05, 0) is 46.8 Å². The van der Waals surface area contributed by atoms with Crippen LogP contribution >= 0.6 is 0 Å². The van der Waals surface area contributed by atoms with Gasteiger partial charge in [0.25, 0.3) is 0 Å². The third-order valence-electron chi connectivity index (χ3n) is 3.45. The van der Waals surface area contributed by atoms with Crippen molar-refractivity contribution in [3.05, 3.63) is 0 Å². The number of rotatable bonds is 4. The molecular formula is C12H24N2O2. The van der Waals surface area contributed by atoms with E-state index in [4.69, 9.17) is 5.11 Å². The van der Waals surface area contributed by atoms with E-state index < -0.39 is 5.97 Å². The highest BCUT2D eigenvalue weighted by Crippen LogP contribution is 2.14. The maximum atomic E-state index is 10.6. The Morgan fingerprint density at radius 1 is 1.44 bits per heavy atom. The first kappa shape index (κ1) is 13.5. The SMILES string of the molecule is CC(C)N1CCCN(C)C(CCC(=O)O)C1. The lowest BCUT2D eigenvalue weighted by Crippen LogP contribution is -2.41. The van der Waals surface area contributed by atoms with Crippen molar-refractivity contribution < 1.29 is 9.90 Å². The molecule has 1 rings (SSSR count). The van der Waals surface area contributed by atoms with Crippen LogP contribution in [-0.2, 0) is 4.79 Å². The molecule has 4 heteroatoms. The topological polar surface area (TPSA) is 43.8 Å². The summed E-state index contributed by atoms with van der Waals surface area (Å²) in [4.78, 5) is 15.4. The molecule has 4 nitrogen and oxygen atoms in total. The first-order valence-electron chi connectivity index (χ1n) is 6.16. The van der Waals surface area contributed by atoms with Gasteiger partial charge in [-0.3, -0.25) is 9.69 Å². The predicted octanol–water partition coefficient (Wildman–Crippen LogP) is 1.27. The molecule has 0 spiro atoms. The molecule has 1 fully saturated rings. The molecule has 1 unspecified atom stereocenters. The lowest BCUT2D eigenvalue weighted by atomic mass is 10.1. The number of hydrogen-bond donors (Lipinski definition) is 1. The van der Waals surface area contributed by atoms with Gasteiger partial charge in [0.05, 0.1) is 0 Å². The van der Waals surface area contributed by atoms with Gasteiger partial charge >= 0.3 is 5.97 Å². The van der Waals surface area contributed by atoms with Crippen molar-refractivity contribution in [1.82, 2.24) is 9.80 Å². The van der Waals surface area contributed by atoms with Crippen molar-refractivity contribution in [3.63, 3.8) is 0 Å². The Bertz CT molecular complexity index is 231. The maximum absolute atomic E-state index is 10.6. The van der Waals surface area contributed by atoms with Gasteiger partial charge in [-0.2, -0.15) is 0 Å². The van der Waals surface area contributed by atoms with E-state index in [-0.39, 0.29) is 6.42 Å². The average Bonchev–Trinajstić information content (AvgIpc) is 2.37. The Balaban J connectivity index is 2.52. The van der Waals surface area contributed by atoms with Gasteiger partial charge in [-0.25, -0.2) is 0 Å². The molecule has 94 valence electrons. The molecule has 0 saturated carbocycles. The minimum Gasteiger partial charge on any atom is -0.481 e. The van der Waals surface area contributed by atoms with Crippen molar-refractivity contribution >= 4 is 5.97 Å². The molecule has 0 aromatic heterocycles. The second-order valence-corrected chi connectivity index (χ2v) is 5.01. The summed E-state index contributed by atoms with van der Waals surface area (Å²) >= 11 is 0. The molecular weight excluding hydrogens is 204 g/mol. The second kappa shape index (κ2) is 6.21. The summed E-state index contributed by atoms with van der Waals surface area (Å²) in [6.07, 6.45) is 2.22. The van der Waals surface area contributed by atoms with Crippen molar-refractivity contribution in [2.45, 2.75) is 45.2 Å². The van der Waals surface area contributed by atoms with E-state index in [0.29, 0.717) is 12.1 Å². The average molecular weight is 228 g/mol. The zero-order valence-electron chi connectivity index (χ0n) is 10.6. The van der Waals surface area contributed by atoms with Gasteiger partial charge in [0.15, 0.2) is 0 Å². The summed E-state index contributed by atoms with van der Waals surface area (Å²) < 4.78 is 0. The van der Waals surface area contributed by atoms with E-state index in [9.17, 15) is 4.79 Å². The molecule has 0 aromatic carbocycles. The second-order valence-electron chi connectivity index (χ2n) is 5.01. The number of carbonyl (C=O) groups is 1. The van der Waals surface area contributed by atoms with Crippen LogP contribution in [0.5, 0.6) is 0 Å². The van der Waals surface area contributed by atoms with Crippen LogP contribution in [0.15, 0.2) is 0 Å². The van der Waals surface area contributed by atoms with Crippen LogP contribution in [0, 0.1) is 0 Å². The molecule has 1 N–H and O–H groups in total. The summed E-state index contributed by atoms with van der Waals surface area (Å²) in [5.41, 5.74) is 0. The molecule has 1 aliphatic rings. The zero-order chi connectivity index (χ0) is 12.1. The molecule has 1 atom stereocenters. The Morgan fingerprint density at radius 2 is 2.12 bits per heavy atom. The number of nitrogens with zero attached hydrogens (tertiary/aromatic N) is 2. The summed E-state index contributed by atoms with van der Waals surface area (Å²) in [6, 6.07) is 0.944. The van der Waals surface area contributed by atoms with Crippen molar-refractivity contribution in [2.24, 2.45) is 0 Å². The smallest absolute Gasteiger partial charge is 0.303 e. The third kappa shape index (κ3) is 4.10. The number of likely N-dealkylation sites (N-methyl/N-ethyl adjacent to an activating group) is 1. The Hall–Kier alpha value is -0.610. The van der Waals surface area contributed by atoms with Crippen LogP contribution in [0.1, 0.15) is 33.1 Å². The summed E-state index contributed by atoms with van der Waals surface area (Å²) in [6.45, 7) is 7.62. The van der Waals surface area contributed by atoms with Crippen LogP contribution in [-0.4, -0.2) is 59.6 Å². The van der Waals surface area contributed by atoms with Crippen molar-refractivity contribution in [3.8, 4) is 0 Å². The normalized spacial score (nSPS) is 24.6. The minimum absolute atomic E-state index is 0.279. The Morgan fingerprint density at radius 3 is 2.69 bits per heavy atom. The molecule has 0 bridgehead atoms. The van der Waals surface area contributed by atoms with Crippen LogP contribution in [0.4, 0.5) is 0 Å². The number of aliphatic carboxylic acids is 1. The fraction of sp³-hybridized carbons (Fsp3) is 0.917. The molecule has 0 radical (unpaired) electrons. The van der Waals surface area contributed by atoms with Gasteiger partial charge < -0.3 is 10.0 Å². The minimum atomic E-state index is -0.686. The molecule has 1 heterocycles. The number of carboxylic acids is 1. The number of carboxylic acid groups (broad SMARTS) is 1. The molecule has 1 saturated heterocycles. The first-order chi connectivity index (χ1) is 7.50. The summed E-state index contributed by atoms with van der Waals surface area (Å²) in [5, 5.41) is 8.74. The van der Waals surface area contributed by atoms with Crippen LogP contribution < -0.4 is 0 Å². The van der Waals surface area contributed by atoms with Gasteiger partial charge in [0.1, 0.15) is 0 Å². The van der Waals surface area contributed by atoms with E-state index in [1.165, 1.54) is 6.42 Å². The standard InChI is InChI=1S/C12H24N2O2/c1-10(2)14-8-4-7-13(3)11(9-14)5-6-12(15)16/h10-11H,4-9H2,1-3H3,(H,15,16). The maximum Gasteiger partial charge on any atom is 0.303 e. The van der Waals surface area contributed by atoms with E-state index >= 15 is 0 Å². The monoisotopic (exact) mass is 228 g/mol. The van der Waals surface area contributed by atoms with Crippen LogP contribution in [0.2, 0.25) is 0 Å². The molecule has 0 amide bonds. The molecule has 16 heavy (non-hydrogen) atoms. The Labute approximate surface area is 98.2 Å². The lowest BCUT2D eigenvalue weighted by molar-refractivity contribution is -0.137. The van der Waals surface area contributed by atoms with Crippen molar-refractivity contribution in [1.29, 1.82) is 0 Å². The third-order valence-corrected chi connectivity index (χ3v) is 3.45. The van der Waals surface area contributed by atoms with Gasteiger partial charge in [0, 0.05) is 25.0 Å². The molecule has 0 aliphatic carbocycles. The van der Waals surface area contributed by atoms with E-state index in [2.05, 4.69) is 30.7 Å². The van der Waals surface area contributed by atoms with Crippen LogP contribution in [0.25, 0.3) is 0 Å². The van der Waals surface area contributed by atoms with E-state index in [0.717, 1.165) is 26.1 Å². The predicted molar refractivity (Wildman–Crippen MR) is 64.6 cm³/mol. The molecule has 0 aromatic rings. The fourth-order valence-electron chi connectivity index (χ4n) is 2.28. The summed E-state index contributed by atoms with van der Waals surface area (Å²) in [7, 11) is 2.11. The zero-order valence-corrected chi connectivity index (χ0v) is 10.6. The van der Waals surface area contributed by atoms with Crippen LogP contribution in [0.3, 0.4) is 0 Å². The van der Waals surface area contributed by atoms with E-state index in [1.807, 2.05) is 0 Å². The fourth-order valence-corrected chi connectivity index (χ4v) is 2.28. The lowest BCUT2D eigenvalue weighted by Gasteiger charge is -2.30. The number of hydrogen-bond acceptors (Lipinski definition) is 3. The first-order valence-corrected chi connectivity index (χ1v) is 6.16. The van der Waals surface area contributed by atoms with Gasteiger partial charge in [0.2, 0.25) is 0 Å². The highest BCUT2D eigenvalue weighted by molar-refractivity contribution is 5.66. The highest BCUT2D eigenvalue weighted by Gasteiger charge is 2.23. The van der Waals surface area contributed by atoms with Gasteiger partial charge in [-0.15, -0.1) is 0 Å². The summed E-state index contributed by atoms with van der Waals surface area (Å²) in [5.74, 6) is -0.686. The van der Waals surface area contributed by atoms with E-state index in [1.54, 1.807) is 0 Å². The Kier molecular flexibility index (Phi) is 5.22.